The molecule has 1 aliphatic heterocycles. The van der Waals surface area contributed by atoms with Crippen LogP contribution >= 0.6 is 12.4 Å². The van der Waals surface area contributed by atoms with E-state index in [2.05, 4.69) is 10.6 Å². The van der Waals surface area contributed by atoms with E-state index in [1.165, 1.54) is 0 Å². The number of carbonyl (C=O) groups excluding carboxylic acids is 2. The maximum absolute atomic E-state index is 12.9. The van der Waals surface area contributed by atoms with E-state index in [0.29, 0.717) is 0 Å². The zero-order valence-corrected chi connectivity index (χ0v) is 12.6. The third-order valence-corrected chi connectivity index (χ3v) is 2.76. The largest absolute Gasteiger partial charge is 0.463 e. The van der Waals surface area contributed by atoms with Gasteiger partial charge in [-0.15, -0.1) is 12.4 Å². The number of amides is 1. The fourth-order valence-electron chi connectivity index (χ4n) is 1.71. The van der Waals surface area contributed by atoms with Crippen LogP contribution in [0.25, 0.3) is 0 Å². The van der Waals surface area contributed by atoms with E-state index < -0.39 is 42.7 Å². The molecule has 20 heavy (non-hydrogen) atoms. The summed E-state index contributed by atoms with van der Waals surface area (Å²) in [5.41, 5.74) is 0. The first-order valence-electron chi connectivity index (χ1n) is 6.30. The number of rotatable bonds is 5. The zero-order valence-electron chi connectivity index (χ0n) is 11.7. The predicted octanol–water partition coefficient (Wildman–Crippen LogP) is 1.11. The molecule has 0 aliphatic carbocycles. The molecule has 2 N–H and O–H groups in total. The van der Waals surface area contributed by atoms with E-state index in [1.54, 1.807) is 20.8 Å². The van der Waals surface area contributed by atoms with Gasteiger partial charge in [0, 0.05) is 13.0 Å². The molecule has 0 radical (unpaired) electrons. The molecular weight excluding hydrogens is 294 g/mol. The molecule has 0 spiro atoms. The van der Waals surface area contributed by atoms with E-state index >= 15 is 0 Å². The highest BCUT2D eigenvalue weighted by Crippen LogP contribution is 2.24. The summed E-state index contributed by atoms with van der Waals surface area (Å²) >= 11 is 0. The highest BCUT2D eigenvalue weighted by atomic mass is 35.5. The van der Waals surface area contributed by atoms with E-state index in [0.717, 1.165) is 0 Å². The second kappa shape index (κ2) is 7.73. The highest BCUT2D eigenvalue weighted by Gasteiger charge is 2.42. The summed E-state index contributed by atoms with van der Waals surface area (Å²) in [5.74, 6) is -4.28. The number of hydrogen-bond donors (Lipinski definition) is 2. The van der Waals surface area contributed by atoms with Gasteiger partial charge in [0.1, 0.15) is 0 Å². The number of esters is 1. The quantitative estimate of drug-likeness (QED) is 0.746. The number of nitrogens with one attached hydrogen (secondary N) is 2. The normalized spacial score (nSPS) is 22.0. The Balaban J connectivity index is 0.00000361. The van der Waals surface area contributed by atoms with Crippen molar-refractivity contribution >= 4 is 24.3 Å². The van der Waals surface area contributed by atoms with Gasteiger partial charge in [-0.1, -0.05) is 6.92 Å². The van der Waals surface area contributed by atoms with Crippen LogP contribution in [0.1, 0.15) is 27.2 Å². The maximum atomic E-state index is 12.9. The Morgan fingerprint density at radius 3 is 2.45 bits per heavy atom. The van der Waals surface area contributed by atoms with Gasteiger partial charge in [0.2, 0.25) is 5.91 Å². The van der Waals surface area contributed by atoms with E-state index in [9.17, 15) is 18.4 Å². The Morgan fingerprint density at radius 2 is 2.00 bits per heavy atom. The van der Waals surface area contributed by atoms with Gasteiger partial charge in [-0.25, -0.2) is 8.78 Å². The molecule has 1 aliphatic rings. The van der Waals surface area contributed by atoms with Crippen LogP contribution in [0.2, 0.25) is 0 Å². The second-order valence-electron chi connectivity index (χ2n) is 5.13. The topological polar surface area (TPSA) is 67.4 Å². The number of alkyl halides is 2. The summed E-state index contributed by atoms with van der Waals surface area (Å²) in [6.45, 7) is 4.66. The van der Waals surface area contributed by atoms with Crippen LogP contribution in [0.4, 0.5) is 8.78 Å². The summed E-state index contributed by atoms with van der Waals surface area (Å²) < 4.78 is 30.8. The third-order valence-electron chi connectivity index (χ3n) is 2.76. The first-order chi connectivity index (χ1) is 8.71. The average molecular weight is 315 g/mol. The van der Waals surface area contributed by atoms with Crippen LogP contribution in [-0.2, 0) is 14.3 Å². The minimum atomic E-state index is -2.84. The minimum Gasteiger partial charge on any atom is -0.463 e. The number of hydrogen-bond acceptors (Lipinski definition) is 4. The Bertz CT molecular complexity index is 354. The minimum absolute atomic E-state index is 0. The second-order valence-corrected chi connectivity index (χ2v) is 5.13. The molecule has 5 nitrogen and oxygen atoms in total. The molecule has 0 aromatic carbocycles. The fourth-order valence-corrected chi connectivity index (χ4v) is 1.71. The summed E-state index contributed by atoms with van der Waals surface area (Å²) in [7, 11) is 0. The molecule has 1 fully saturated rings. The molecule has 118 valence electrons. The SMILES string of the molecule is CC(C)OC(=O)C(C)CNC(=O)C1CC(F)(F)CN1.Cl. The van der Waals surface area contributed by atoms with E-state index in [1.807, 2.05) is 0 Å². The van der Waals surface area contributed by atoms with Gasteiger partial charge in [0.25, 0.3) is 5.92 Å². The Morgan fingerprint density at radius 1 is 1.40 bits per heavy atom. The van der Waals surface area contributed by atoms with Crippen LogP contribution in [-0.4, -0.2) is 43.0 Å². The molecule has 1 amide bonds. The van der Waals surface area contributed by atoms with Gasteiger partial charge >= 0.3 is 5.97 Å². The van der Waals surface area contributed by atoms with Crippen molar-refractivity contribution in [3.05, 3.63) is 0 Å². The Hall–Kier alpha value is -0.950. The lowest BCUT2D eigenvalue weighted by Gasteiger charge is -2.16. The Labute approximate surface area is 123 Å². The van der Waals surface area contributed by atoms with Crippen molar-refractivity contribution in [3.8, 4) is 0 Å². The number of carbonyl (C=O) groups is 2. The van der Waals surface area contributed by atoms with E-state index in [4.69, 9.17) is 4.74 Å². The third kappa shape index (κ3) is 6.00. The molecule has 1 heterocycles. The lowest BCUT2D eigenvalue weighted by Crippen LogP contribution is -2.43. The summed E-state index contributed by atoms with van der Waals surface area (Å²) in [6.07, 6.45) is -0.732. The molecule has 2 atom stereocenters. The van der Waals surface area contributed by atoms with Crippen LogP contribution in [0.15, 0.2) is 0 Å². The average Bonchev–Trinajstić information content (AvgIpc) is 2.65. The smallest absolute Gasteiger partial charge is 0.310 e. The Kier molecular flexibility index (Phi) is 7.37. The number of halogens is 3. The van der Waals surface area contributed by atoms with Gasteiger partial charge in [0.15, 0.2) is 0 Å². The van der Waals surface area contributed by atoms with Crippen molar-refractivity contribution in [2.45, 2.75) is 45.3 Å². The van der Waals surface area contributed by atoms with Gasteiger partial charge < -0.3 is 10.1 Å². The van der Waals surface area contributed by atoms with Crippen LogP contribution in [0, 0.1) is 5.92 Å². The maximum Gasteiger partial charge on any atom is 0.310 e. The standard InChI is InChI=1S/C12H20F2N2O3.ClH/c1-7(2)19-11(18)8(3)5-15-10(17)9-4-12(13,14)6-16-9;/h7-9,16H,4-6H2,1-3H3,(H,15,17);1H. The van der Waals surface area contributed by atoms with E-state index in [-0.39, 0.29) is 25.1 Å². The van der Waals surface area contributed by atoms with Crippen molar-refractivity contribution in [1.82, 2.24) is 10.6 Å². The highest BCUT2D eigenvalue weighted by molar-refractivity contribution is 5.85. The molecule has 0 saturated carbocycles. The van der Waals surface area contributed by atoms with Crippen LogP contribution in [0.5, 0.6) is 0 Å². The fraction of sp³-hybridized carbons (Fsp3) is 0.833. The first-order valence-corrected chi connectivity index (χ1v) is 6.30. The molecule has 2 unspecified atom stereocenters. The van der Waals surface area contributed by atoms with Crippen molar-refractivity contribution in [1.29, 1.82) is 0 Å². The van der Waals surface area contributed by atoms with Gasteiger partial charge in [-0.3, -0.25) is 14.9 Å². The molecule has 0 bridgehead atoms. The zero-order chi connectivity index (χ0) is 14.6. The van der Waals surface area contributed by atoms with Gasteiger partial charge in [-0.05, 0) is 13.8 Å². The van der Waals surface area contributed by atoms with Crippen molar-refractivity contribution in [2.24, 2.45) is 5.92 Å². The summed E-state index contributed by atoms with van der Waals surface area (Å²) in [5, 5.41) is 4.93. The van der Waals surface area contributed by atoms with Crippen LogP contribution < -0.4 is 10.6 Å². The molecule has 1 saturated heterocycles. The van der Waals surface area contributed by atoms with Crippen molar-refractivity contribution < 1.29 is 23.1 Å². The summed E-state index contributed by atoms with van der Waals surface area (Å²) in [6, 6.07) is -0.900. The lowest BCUT2D eigenvalue weighted by atomic mass is 10.1. The summed E-state index contributed by atoms with van der Waals surface area (Å²) in [4.78, 5) is 23.1. The first kappa shape index (κ1) is 19.1. The van der Waals surface area contributed by atoms with Crippen molar-refractivity contribution in [3.63, 3.8) is 0 Å². The van der Waals surface area contributed by atoms with Gasteiger partial charge in [0.05, 0.1) is 24.6 Å². The molecule has 8 heteroatoms. The van der Waals surface area contributed by atoms with Crippen LogP contribution in [0.3, 0.4) is 0 Å². The number of ether oxygens (including phenoxy) is 1. The molecular formula is C12H21ClF2N2O3. The van der Waals surface area contributed by atoms with Gasteiger partial charge in [-0.2, -0.15) is 0 Å². The monoisotopic (exact) mass is 314 g/mol. The molecule has 0 aromatic heterocycles. The lowest BCUT2D eigenvalue weighted by molar-refractivity contribution is -0.151. The predicted molar refractivity (Wildman–Crippen MR) is 72.0 cm³/mol. The van der Waals surface area contributed by atoms with Crippen molar-refractivity contribution in [2.75, 3.05) is 13.1 Å². The molecule has 0 aromatic rings. The molecule has 1 rings (SSSR count).